The van der Waals surface area contributed by atoms with E-state index in [1.807, 2.05) is 0 Å². The monoisotopic (exact) mass is 500 g/mol. The number of nitrogens with one attached hydrogen (secondary N) is 1. The first-order valence-corrected chi connectivity index (χ1v) is 9.55. The number of nitrogens with zero attached hydrogens (tertiary/aromatic N) is 3. The van der Waals surface area contributed by atoms with Gasteiger partial charge in [0.25, 0.3) is 11.6 Å². The standard InChI is InChI=1S/C20H16F4N4O7/c1-33-15-6-12(14(28(31)32)7-16(15)34-2)18-26-27(19(30)35-18)9-17(29)25-8-10-3-4-11(21)5-13(10)20(22,23)24/h3-7H,8-9H2,1-2H3,(H,25,29). The van der Waals surface area contributed by atoms with E-state index in [9.17, 15) is 37.3 Å². The molecule has 0 radical (unpaired) electrons. The quantitative estimate of drug-likeness (QED) is 0.283. The number of carbonyl (C=O) groups excluding carboxylic acids is 1. The predicted molar refractivity (Wildman–Crippen MR) is 109 cm³/mol. The minimum absolute atomic E-state index is 0.0307. The number of amides is 1. The first-order valence-electron chi connectivity index (χ1n) is 9.55. The average molecular weight is 500 g/mol. The summed E-state index contributed by atoms with van der Waals surface area (Å²) in [4.78, 5) is 35.0. The number of rotatable bonds is 8. The topological polar surface area (TPSA) is 139 Å². The number of alkyl halides is 3. The molecule has 1 N–H and O–H groups in total. The normalized spacial score (nSPS) is 11.3. The molecule has 35 heavy (non-hydrogen) atoms. The van der Waals surface area contributed by atoms with Crippen LogP contribution < -0.4 is 20.5 Å². The van der Waals surface area contributed by atoms with Crippen molar-refractivity contribution in [2.24, 2.45) is 0 Å². The summed E-state index contributed by atoms with van der Waals surface area (Å²) >= 11 is 0. The molecule has 1 heterocycles. The van der Waals surface area contributed by atoms with Gasteiger partial charge in [0.05, 0.1) is 30.8 Å². The Labute approximate surface area is 193 Å². The lowest BCUT2D eigenvalue weighted by molar-refractivity contribution is -0.384. The fourth-order valence-corrected chi connectivity index (χ4v) is 3.06. The Morgan fingerprint density at radius 3 is 2.46 bits per heavy atom. The number of hydrogen-bond acceptors (Lipinski definition) is 8. The molecule has 3 aromatic rings. The van der Waals surface area contributed by atoms with Gasteiger partial charge < -0.3 is 19.2 Å². The van der Waals surface area contributed by atoms with Crippen molar-refractivity contribution in [2.75, 3.05) is 14.2 Å². The van der Waals surface area contributed by atoms with E-state index in [0.29, 0.717) is 10.7 Å². The minimum atomic E-state index is -4.85. The van der Waals surface area contributed by atoms with Crippen LogP contribution >= 0.6 is 0 Å². The largest absolute Gasteiger partial charge is 0.493 e. The SMILES string of the molecule is COc1cc(-c2nn(CC(=O)NCc3ccc(F)cc3C(F)(F)F)c(=O)o2)c([N+](=O)[O-])cc1OC. The number of halogens is 4. The Bertz CT molecular complexity index is 1330. The van der Waals surface area contributed by atoms with Crippen molar-refractivity contribution in [2.45, 2.75) is 19.3 Å². The molecule has 0 unspecified atom stereocenters. The Kier molecular flexibility index (Phi) is 7.07. The Balaban J connectivity index is 1.83. The van der Waals surface area contributed by atoms with Gasteiger partial charge in [-0.05, 0) is 17.7 Å². The number of methoxy groups -OCH3 is 2. The van der Waals surface area contributed by atoms with Gasteiger partial charge in [-0.3, -0.25) is 14.9 Å². The molecule has 15 heteroatoms. The summed E-state index contributed by atoms with van der Waals surface area (Å²) in [5, 5.41) is 17.4. The molecule has 0 aliphatic carbocycles. The van der Waals surface area contributed by atoms with E-state index >= 15 is 0 Å². The maximum atomic E-state index is 13.2. The van der Waals surface area contributed by atoms with Crippen LogP contribution in [0.15, 0.2) is 39.5 Å². The zero-order valence-corrected chi connectivity index (χ0v) is 18.0. The number of hydrogen-bond donors (Lipinski definition) is 1. The van der Waals surface area contributed by atoms with Gasteiger partial charge in [-0.25, -0.2) is 9.18 Å². The Morgan fingerprint density at radius 1 is 1.20 bits per heavy atom. The maximum absolute atomic E-state index is 13.2. The summed E-state index contributed by atoms with van der Waals surface area (Å²) in [6, 6.07) is 4.16. The maximum Gasteiger partial charge on any atom is 0.437 e. The van der Waals surface area contributed by atoms with Crippen LogP contribution in [0.3, 0.4) is 0 Å². The van der Waals surface area contributed by atoms with Crippen LogP contribution in [-0.4, -0.2) is 34.8 Å². The van der Waals surface area contributed by atoms with Gasteiger partial charge in [0, 0.05) is 12.6 Å². The van der Waals surface area contributed by atoms with E-state index in [2.05, 4.69) is 10.4 Å². The van der Waals surface area contributed by atoms with Crippen molar-refractivity contribution < 1.29 is 41.2 Å². The van der Waals surface area contributed by atoms with Gasteiger partial charge in [-0.1, -0.05) is 6.07 Å². The van der Waals surface area contributed by atoms with Crippen LogP contribution in [0.25, 0.3) is 11.5 Å². The van der Waals surface area contributed by atoms with Crippen LogP contribution in [0.5, 0.6) is 11.5 Å². The molecule has 3 rings (SSSR count). The minimum Gasteiger partial charge on any atom is -0.493 e. The molecule has 186 valence electrons. The van der Waals surface area contributed by atoms with Crippen LogP contribution in [0, 0.1) is 15.9 Å². The lowest BCUT2D eigenvalue weighted by Crippen LogP contribution is -2.31. The van der Waals surface area contributed by atoms with Gasteiger partial charge in [-0.2, -0.15) is 17.9 Å². The third-order valence-electron chi connectivity index (χ3n) is 4.68. The van der Waals surface area contributed by atoms with Crippen LogP contribution in [0.1, 0.15) is 11.1 Å². The van der Waals surface area contributed by atoms with Gasteiger partial charge >= 0.3 is 11.9 Å². The van der Waals surface area contributed by atoms with Crippen molar-refractivity contribution in [3.8, 4) is 23.0 Å². The summed E-state index contributed by atoms with van der Waals surface area (Å²) in [5.74, 6) is -3.58. The van der Waals surface area contributed by atoms with E-state index in [4.69, 9.17) is 13.9 Å². The molecule has 0 bridgehead atoms. The number of aromatic nitrogens is 2. The van der Waals surface area contributed by atoms with Crippen LogP contribution in [-0.2, 0) is 24.1 Å². The number of benzene rings is 2. The molecular weight excluding hydrogens is 484 g/mol. The molecule has 11 nitrogen and oxygen atoms in total. The number of carbonyl (C=O) groups is 1. The van der Waals surface area contributed by atoms with Gasteiger partial charge in [0.1, 0.15) is 17.9 Å². The fraction of sp³-hybridized carbons (Fsp3) is 0.250. The van der Waals surface area contributed by atoms with E-state index in [0.717, 1.165) is 24.3 Å². The molecule has 1 aromatic heterocycles. The molecule has 1 amide bonds. The molecule has 0 saturated carbocycles. The number of ether oxygens (including phenoxy) is 2. The predicted octanol–water partition coefficient (Wildman–Crippen LogP) is 2.90. The van der Waals surface area contributed by atoms with Crippen molar-refractivity contribution in [3.63, 3.8) is 0 Å². The lowest BCUT2D eigenvalue weighted by Gasteiger charge is -2.13. The van der Waals surface area contributed by atoms with Crippen molar-refractivity contribution >= 4 is 11.6 Å². The molecule has 0 saturated heterocycles. The molecule has 0 aliphatic rings. The van der Waals surface area contributed by atoms with Gasteiger partial charge in [0.15, 0.2) is 11.5 Å². The zero-order chi connectivity index (χ0) is 25.9. The van der Waals surface area contributed by atoms with E-state index < -0.39 is 64.4 Å². The second kappa shape index (κ2) is 9.82. The highest BCUT2D eigenvalue weighted by Gasteiger charge is 2.34. The van der Waals surface area contributed by atoms with Gasteiger partial charge in [0.2, 0.25) is 5.91 Å². The Morgan fingerprint density at radius 2 is 1.86 bits per heavy atom. The van der Waals surface area contributed by atoms with Crippen molar-refractivity contribution in [1.29, 1.82) is 0 Å². The summed E-state index contributed by atoms with van der Waals surface area (Å²) in [6.07, 6.45) is -4.85. The summed E-state index contributed by atoms with van der Waals surface area (Å²) < 4.78 is 68.1. The highest BCUT2D eigenvalue weighted by molar-refractivity contribution is 5.76. The van der Waals surface area contributed by atoms with E-state index in [1.165, 1.54) is 14.2 Å². The molecule has 0 aliphatic heterocycles. The third-order valence-corrected chi connectivity index (χ3v) is 4.68. The summed E-state index contributed by atoms with van der Waals surface area (Å²) in [6.45, 7) is -1.39. The van der Waals surface area contributed by atoms with Gasteiger partial charge in [-0.15, -0.1) is 5.10 Å². The zero-order valence-electron chi connectivity index (χ0n) is 18.0. The molecule has 0 atom stereocenters. The van der Waals surface area contributed by atoms with Crippen LogP contribution in [0.4, 0.5) is 23.2 Å². The second-order valence-corrected chi connectivity index (χ2v) is 6.89. The molecular formula is C20H16F4N4O7. The first kappa shape index (κ1) is 25.2. The van der Waals surface area contributed by atoms with E-state index in [-0.39, 0.29) is 17.1 Å². The van der Waals surface area contributed by atoms with Crippen molar-refractivity contribution in [1.82, 2.24) is 15.1 Å². The highest BCUT2D eigenvalue weighted by atomic mass is 19.4. The summed E-state index contributed by atoms with van der Waals surface area (Å²) in [5.41, 5.74) is -2.44. The van der Waals surface area contributed by atoms with Crippen LogP contribution in [0.2, 0.25) is 0 Å². The smallest absolute Gasteiger partial charge is 0.437 e. The highest BCUT2D eigenvalue weighted by Crippen LogP contribution is 2.39. The first-order chi connectivity index (χ1) is 16.4. The summed E-state index contributed by atoms with van der Waals surface area (Å²) in [7, 11) is 2.54. The third kappa shape index (κ3) is 5.56. The number of nitro groups is 1. The van der Waals surface area contributed by atoms with Crippen molar-refractivity contribution in [3.05, 3.63) is 67.9 Å². The average Bonchev–Trinajstić information content (AvgIpc) is 3.16. The molecule has 0 spiro atoms. The lowest BCUT2D eigenvalue weighted by atomic mass is 10.1. The molecule has 2 aromatic carbocycles. The molecule has 0 fully saturated rings. The van der Waals surface area contributed by atoms with E-state index in [1.54, 1.807) is 0 Å². The number of nitro benzene ring substituents is 1. The Hall–Kier alpha value is -4.43. The fourth-order valence-electron chi connectivity index (χ4n) is 3.06. The second-order valence-electron chi connectivity index (χ2n) is 6.89.